The minimum Gasteiger partial charge on any atom is -0.274 e. The zero-order valence-electron chi connectivity index (χ0n) is 2.94. The molecule has 0 heterocycles. The molecule has 0 bridgehead atoms. The van der Waals surface area contributed by atoms with E-state index in [0.717, 1.165) is 0 Å². The molecule has 4 N–H and O–H groups in total. The number of hydrazine groups is 1. The summed E-state index contributed by atoms with van der Waals surface area (Å²) >= 11 is 2.94. The van der Waals surface area contributed by atoms with Gasteiger partial charge in [0.1, 0.15) is 0 Å². The van der Waals surface area contributed by atoms with Gasteiger partial charge < -0.3 is 0 Å². The fraction of sp³-hybridized carbons (Fsp3) is 1.00. The van der Waals surface area contributed by atoms with Crippen LogP contribution >= 0.6 is 28.3 Å². The van der Waals surface area contributed by atoms with Crippen molar-refractivity contribution in [1.82, 2.24) is 0 Å². The van der Waals surface area contributed by atoms with Gasteiger partial charge in [-0.05, 0) is 5.83 Å². The van der Waals surface area contributed by atoms with E-state index in [1.165, 1.54) is 0 Å². The van der Waals surface area contributed by atoms with Gasteiger partial charge in [0.05, 0.1) is 0 Å². The highest BCUT2D eigenvalue weighted by Crippen LogP contribution is 1.45. The molecule has 36 valence electrons. The van der Waals surface area contributed by atoms with E-state index in [4.69, 9.17) is 0 Å². The topological polar surface area (TPSA) is 52.0 Å². The van der Waals surface area contributed by atoms with Crippen LogP contribution < -0.4 is 11.7 Å². The second-order valence-corrected chi connectivity index (χ2v) is 0. The molecule has 0 aromatic carbocycles. The van der Waals surface area contributed by atoms with Gasteiger partial charge in [0.25, 0.3) is 0 Å². The summed E-state index contributed by atoms with van der Waals surface area (Å²) in [5.41, 5.74) is 0. The molecule has 0 atom stereocenters. The summed E-state index contributed by atoms with van der Waals surface area (Å²) < 4.78 is 0. The number of hydrogen-bond donors (Lipinski definition) is 2. The van der Waals surface area contributed by atoms with Gasteiger partial charge in [-0.1, -0.05) is 15.9 Å². The average molecular weight is 163 g/mol. The van der Waals surface area contributed by atoms with Crippen LogP contribution in [0.3, 0.4) is 0 Å². The first-order chi connectivity index (χ1) is 2.00. The van der Waals surface area contributed by atoms with E-state index < -0.39 is 0 Å². The highest BCUT2D eigenvalue weighted by Gasteiger charge is 0.948. The fourth-order valence-corrected chi connectivity index (χ4v) is 0. The maximum Gasteiger partial charge on any atom is -0.00848 e. The molecule has 0 spiro atoms. The minimum atomic E-state index is 0. The number of alkyl halides is 1. The van der Waals surface area contributed by atoms with Gasteiger partial charge in [0.15, 0.2) is 0 Å². The first kappa shape index (κ1) is 17.3. The molecule has 0 aliphatic carbocycles. The van der Waals surface area contributed by atoms with Crippen molar-refractivity contribution in [3.05, 3.63) is 0 Å². The molecule has 0 saturated carbocycles. The predicted molar refractivity (Wildman–Crippen MR) is 30.5 cm³/mol. The van der Waals surface area contributed by atoms with E-state index in [9.17, 15) is 0 Å². The van der Waals surface area contributed by atoms with Gasteiger partial charge in [-0.3, -0.25) is 11.7 Å². The van der Waals surface area contributed by atoms with E-state index >= 15 is 0 Å². The van der Waals surface area contributed by atoms with E-state index in [1.807, 2.05) is 5.83 Å². The molecule has 2 nitrogen and oxygen atoms in total. The zero-order chi connectivity index (χ0) is 4.00. The molecular weight excluding hydrogens is 155 g/mol. The molecule has 5 heavy (non-hydrogen) atoms. The lowest BCUT2D eigenvalue weighted by molar-refractivity contribution is 1.26. The van der Waals surface area contributed by atoms with Crippen molar-refractivity contribution in [2.75, 3.05) is 5.83 Å². The van der Waals surface area contributed by atoms with E-state index in [0.29, 0.717) is 0 Å². The summed E-state index contributed by atoms with van der Waals surface area (Å²) in [6.07, 6.45) is 0. The van der Waals surface area contributed by atoms with E-state index in [1.54, 1.807) is 0 Å². The van der Waals surface area contributed by atoms with Gasteiger partial charge in [-0.25, -0.2) is 0 Å². The summed E-state index contributed by atoms with van der Waals surface area (Å²) in [6, 6.07) is 0. The Morgan fingerprint density at radius 1 is 1.20 bits per heavy atom. The molecule has 0 aliphatic heterocycles. The Balaban J connectivity index is -0.0000000133. The van der Waals surface area contributed by atoms with E-state index in [2.05, 4.69) is 27.6 Å². The maximum absolute atomic E-state index is 4.00. The summed E-state index contributed by atoms with van der Waals surface area (Å²) in [5, 5.41) is 0. The largest absolute Gasteiger partial charge is 0.274 e. The van der Waals surface area contributed by atoms with Crippen molar-refractivity contribution in [3.63, 3.8) is 0 Å². The van der Waals surface area contributed by atoms with Crippen LogP contribution in [-0.2, 0) is 0 Å². The second-order valence-electron chi connectivity index (χ2n) is 0. The number of hydrogen-bond acceptors (Lipinski definition) is 2. The number of nitrogens with two attached hydrogens (primary N) is 2. The Morgan fingerprint density at radius 2 is 1.20 bits per heavy atom. The molecule has 0 unspecified atom stereocenters. The number of halogens is 2. The normalized spacial score (nSPS) is 2.40. The number of rotatable bonds is 0. The Bertz CT molecular complexity index is 9.61. The Morgan fingerprint density at radius 3 is 1.20 bits per heavy atom. The highest BCUT2D eigenvalue weighted by atomic mass is 79.9. The van der Waals surface area contributed by atoms with Gasteiger partial charge in [0, 0.05) is 0 Å². The molecule has 0 aromatic rings. The van der Waals surface area contributed by atoms with Gasteiger partial charge in [-0.2, -0.15) is 0 Å². The third-order valence-electron chi connectivity index (χ3n) is 0. The molecule has 0 radical (unpaired) electrons. The quantitative estimate of drug-likeness (QED) is 0.306. The molecule has 0 amide bonds. The Hall–Kier alpha value is 0.690. The monoisotopic (exact) mass is 162 g/mol. The van der Waals surface area contributed by atoms with Crippen LogP contribution in [-0.4, -0.2) is 5.83 Å². The van der Waals surface area contributed by atoms with Crippen LogP contribution in [0.15, 0.2) is 0 Å². The zero-order valence-corrected chi connectivity index (χ0v) is 5.34. The highest BCUT2D eigenvalue weighted by molar-refractivity contribution is 9.08. The summed E-state index contributed by atoms with van der Waals surface area (Å²) in [7, 11) is 0. The summed E-state index contributed by atoms with van der Waals surface area (Å²) in [6.45, 7) is 0. The Kier molecular flexibility index (Phi) is 464. The van der Waals surface area contributed by atoms with Gasteiger partial charge in [0.2, 0.25) is 0 Å². The SMILES string of the molecule is CBr.Cl.NN. The van der Waals surface area contributed by atoms with Gasteiger partial charge >= 0.3 is 0 Å². The Labute approximate surface area is 46.4 Å². The lowest BCUT2D eigenvalue weighted by Gasteiger charge is -1.27. The molecule has 0 aliphatic rings. The van der Waals surface area contributed by atoms with Crippen LogP contribution in [0, 0.1) is 0 Å². The molecule has 0 rings (SSSR count). The lowest BCUT2D eigenvalue weighted by Crippen LogP contribution is -2.02. The van der Waals surface area contributed by atoms with Crippen molar-refractivity contribution >= 4 is 28.3 Å². The predicted octanol–water partition coefficient (Wildman–Crippen LogP) is 0.252. The van der Waals surface area contributed by atoms with Crippen molar-refractivity contribution in [2.24, 2.45) is 11.7 Å². The lowest BCUT2D eigenvalue weighted by atomic mass is 12.0. The third-order valence-corrected chi connectivity index (χ3v) is 0. The summed E-state index contributed by atoms with van der Waals surface area (Å²) in [4.78, 5) is 0. The van der Waals surface area contributed by atoms with Crippen LogP contribution in [0.25, 0.3) is 0 Å². The average Bonchev–Trinajstić information content (AvgIpc) is 1.50. The van der Waals surface area contributed by atoms with Gasteiger partial charge in [-0.15, -0.1) is 12.4 Å². The van der Waals surface area contributed by atoms with Crippen molar-refractivity contribution in [1.29, 1.82) is 0 Å². The van der Waals surface area contributed by atoms with Crippen molar-refractivity contribution in [2.45, 2.75) is 0 Å². The van der Waals surface area contributed by atoms with Crippen LogP contribution in [0.2, 0.25) is 0 Å². The molecular formula is CH8BrClN2. The third kappa shape index (κ3) is 71.3. The standard InChI is InChI=1S/CH3Br.ClH.H4N2/c1-2;;1-2/h1H3;1H;1-2H2. The second kappa shape index (κ2) is 134. The van der Waals surface area contributed by atoms with E-state index in [-0.39, 0.29) is 12.4 Å². The van der Waals surface area contributed by atoms with Crippen LogP contribution in [0.1, 0.15) is 0 Å². The summed E-state index contributed by atoms with van der Waals surface area (Å²) in [5.74, 6) is 9.81. The van der Waals surface area contributed by atoms with Crippen molar-refractivity contribution < 1.29 is 0 Å². The molecule has 0 aromatic heterocycles. The van der Waals surface area contributed by atoms with Crippen LogP contribution in [0.4, 0.5) is 0 Å². The van der Waals surface area contributed by atoms with Crippen LogP contribution in [0.5, 0.6) is 0 Å². The fourth-order valence-electron chi connectivity index (χ4n) is 0. The minimum absolute atomic E-state index is 0. The smallest absolute Gasteiger partial charge is 0.00848 e. The first-order valence-electron chi connectivity index (χ1n) is 0.711. The maximum atomic E-state index is 4.00. The first-order valence-corrected chi connectivity index (χ1v) is 2.30. The molecule has 0 saturated heterocycles. The van der Waals surface area contributed by atoms with Crippen molar-refractivity contribution in [3.8, 4) is 0 Å². The molecule has 0 fully saturated rings. The molecule has 4 heteroatoms.